The molecule has 0 fully saturated rings. The maximum atomic E-state index is 12.8. The first-order valence-electron chi connectivity index (χ1n) is 4.64. The normalized spacial score (nSPS) is 9.19. The number of nitrogens with zero attached hydrogens (tertiary/aromatic N) is 1. The van der Waals surface area contributed by atoms with Crippen LogP contribution >= 0.6 is 11.6 Å². The predicted octanol–water partition coefficient (Wildman–Crippen LogP) is 1.75. The summed E-state index contributed by atoms with van der Waals surface area (Å²) in [5.74, 6) is 4.88. The van der Waals surface area contributed by atoms with Crippen molar-refractivity contribution in [3.8, 4) is 11.8 Å². The molecule has 0 radical (unpaired) electrons. The zero-order chi connectivity index (χ0) is 12.0. The Morgan fingerprint density at radius 1 is 1.69 bits per heavy atom. The van der Waals surface area contributed by atoms with E-state index in [2.05, 4.69) is 22.1 Å². The van der Waals surface area contributed by atoms with Gasteiger partial charge in [0.2, 0.25) is 5.91 Å². The van der Waals surface area contributed by atoms with Crippen molar-refractivity contribution in [2.24, 2.45) is 0 Å². The van der Waals surface area contributed by atoms with E-state index in [1.54, 1.807) is 0 Å². The molecule has 1 aromatic rings. The lowest BCUT2D eigenvalue weighted by molar-refractivity contribution is -0.118. The van der Waals surface area contributed by atoms with Crippen molar-refractivity contribution in [2.75, 3.05) is 6.54 Å². The van der Waals surface area contributed by atoms with Crippen molar-refractivity contribution in [1.29, 1.82) is 0 Å². The molecule has 1 rings (SSSR count). The molecule has 16 heavy (non-hydrogen) atoms. The number of rotatable bonds is 2. The first kappa shape index (κ1) is 12.5. The number of nitrogens with one attached hydrogen (secondary N) is 1. The molecular weight excluding hydrogens is 231 g/mol. The van der Waals surface area contributed by atoms with Crippen LogP contribution in [0.5, 0.6) is 0 Å². The van der Waals surface area contributed by atoms with Crippen LogP contribution in [-0.2, 0) is 4.79 Å². The van der Waals surface area contributed by atoms with Crippen molar-refractivity contribution in [3.63, 3.8) is 0 Å². The SMILES string of the molecule is CC(=O)NCCC#Cc1cc(F)cnc1Cl. The third-order valence-electron chi connectivity index (χ3n) is 1.65. The molecule has 3 nitrogen and oxygen atoms in total. The summed E-state index contributed by atoms with van der Waals surface area (Å²) in [5, 5.41) is 2.77. The van der Waals surface area contributed by atoms with Crippen LogP contribution in [0.25, 0.3) is 0 Å². The summed E-state index contributed by atoms with van der Waals surface area (Å²) in [5.41, 5.74) is 0.351. The highest BCUT2D eigenvalue weighted by Crippen LogP contribution is 2.11. The molecule has 0 bridgehead atoms. The molecule has 0 unspecified atom stereocenters. The van der Waals surface area contributed by atoms with E-state index in [0.29, 0.717) is 18.5 Å². The summed E-state index contributed by atoms with van der Waals surface area (Å²) in [6.07, 6.45) is 1.51. The number of amides is 1. The van der Waals surface area contributed by atoms with E-state index in [0.717, 1.165) is 6.20 Å². The van der Waals surface area contributed by atoms with Gasteiger partial charge in [0.1, 0.15) is 11.0 Å². The Bertz CT molecular complexity index is 451. The van der Waals surface area contributed by atoms with E-state index >= 15 is 0 Å². The van der Waals surface area contributed by atoms with Gasteiger partial charge in [-0.1, -0.05) is 23.4 Å². The molecule has 0 saturated heterocycles. The number of carbonyl (C=O) groups excluding carboxylic acids is 1. The number of hydrogen-bond acceptors (Lipinski definition) is 2. The van der Waals surface area contributed by atoms with Crippen molar-refractivity contribution < 1.29 is 9.18 Å². The predicted molar refractivity (Wildman–Crippen MR) is 59.4 cm³/mol. The van der Waals surface area contributed by atoms with Gasteiger partial charge in [0.05, 0.1) is 11.8 Å². The van der Waals surface area contributed by atoms with Gasteiger partial charge in [-0.3, -0.25) is 4.79 Å². The Labute approximate surface area is 98.0 Å². The zero-order valence-corrected chi connectivity index (χ0v) is 9.44. The molecule has 0 aromatic carbocycles. The summed E-state index contributed by atoms with van der Waals surface area (Å²) < 4.78 is 12.8. The van der Waals surface area contributed by atoms with Crippen LogP contribution in [0.15, 0.2) is 12.3 Å². The highest BCUT2D eigenvalue weighted by Gasteiger charge is 1.99. The maximum Gasteiger partial charge on any atom is 0.216 e. The first-order chi connectivity index (χ1) is 7.59. The number of halogens is 2. The fourth-order valence-corrected chi connectivity index (χ4v) is 1.12. The van der Waals surface area contributed by atoms with Gasteiger partial charge in [-0.05, 0) is 6.07 Å². The number of pyridine rings is 1. The third-order valence-corrected chi connectivity index (χ3v) is 1.95. The Hall–Kier alpha value is -1.60. The van der Waals surface area contributed by atoms with Crippen molar-refractivity contribution in [3.05, 3.63) is 28.8 Å². The highest BCUT2D eigenvalue weighted by atomic mass is 35.5. The van der Waals surface area contributed by atoms with Gasteiger partial charge >= 0.3 is 0 Å². The lowest BCUT2D eigenvalue weighted by Crippen LogP contribution is -2.20. The molecule has 84 valence electrons. The van der Waals surface area contributed by atoms with Crippen LogP contribution < -0.4 is 5.32 Å². The van der Waals surface area contributed by atoms with Crippen molar-refractivity contribution in [2.45, 2.75) is 13.3 Å². The van der Waals surface area contributed by atoms with Gasteiger partial charge < -0.3 is 5.32 Å². The summed E-state index contributed by atoms with van der Waals surface area (Å²) in [4.78, 5) is 14.2. The molecule has 1 aromatic heterocycles. The van der Waals surface area contributed by atoms with Crippen LogP contribution in [0.1, 0.15) is 18.9 Å². The Kier molecular flexibility index (Phi) is 4.74. The fraction of sp³-hybridized carbons (Fsp3) is 0.273. The summed E-state index contributed by atoms with van der Waals surface area (Å²) in [7, 11) is 0. The minimum atomic E-state index is -0.476. The highest BCUT2D eigenvalue weighted by molar-refractivity contribution is 6.30. The van der Waals surface area contributed by atoms with E-state index in [-0.39, 0.29) is 11.1 Å². The fourth-order valence-electron chi connectivity index (χ4n) is 0.969. The van der Waals surface area contributed by atoms with Crippen LogP contribution in [0.2, 0.25) is 5.15 Å². The average Bonchev–Trinajstić information content (AvgIpc) is 2.22. The molecule has 5 heteroatoms. The maximum absolute atomic E-state index is 12.8. The molecule has 0 aliphatic rings. The molecule has 1 heterocycles. The van der Waals surface area contributed by atoms with Crippen molar-refractivity contribution in [1.82, 2.24) is 10.3 Å². The smallest absolute Gasteiger partial charge is 0.216 e. The summed E-state index contributed by atoms with van der Waals surface area (Å²) in [6.45, 7) is 1.89. The molecule has 0 aliphatic carbocycles. The van der Waals surface area contributed by atoms with E-state index in [1.807, 2.05) is 0 Å². The second-order valence-corrected chi connectivity index (χ2v) is 3.38. The largest absolute Gasteiger partial charge is 0.355 e. The second-order valence-electron chi connectivity index (χ2n) is 3.03. The third kappa shape index (κ3) is 4.28. The zero-order valence-electron chi connectivity index (χ0n) is 8.68. The molecule has 0 atom stereocenters. The second kappa shape index (κ2) is 6.09. The molecular formula is C11H10ClFN2O. The number of carbonyl (C=O) groups is 1. The lowest BCUT2D eigenvalue weighted by atomic mass is 10.2. The minimum Gasteiger partial charge on any atom is -0.355 e. The number of aromatic nitrogens is 1. The Balaban J connectivity index is 2.56. The molecule has 0 spiro atoms. The van der Waals surface area contributed by atoms with Gasteiger partial charge in [0, 0.05) is 19.9 Å². The molecule has 1 amide bonds. The van der Waals surface area contributed by atoms with E-state index in [9.17, 15) is 9.18 Å². The minimum absolute atomic E-state index is 0.104. The number of hydrogen-bond donors (Lipinski definition) is 1. The van der Waals surface area contributed by atoms with E-state index in [4.69, 9.17) is 11.6 Å². The van der Waals surface area contributed by atoms with Crippen LogP contribution in [0.3, 0.4) is 0 Å². The van der Waals surface area contributed by atoms with E-state index in [1.165, 1.54) is 13.0 Å². The van der Waals surface area contributed by atoms with Crippen LogP contribution in [0.4, 0.5) is 4.39 Å². The van der Waals surface area contributed by atoms with E-state index < -0.39 is 5.82 Å². The van der Waals surface area contributed by atoms with Crippen LogP contribution in [-0.4, -0.2) is 17.4 Å². The monoisotopic (exact) mass is 240 g/mol. The molecule has 0 aliphatic heterocycles. The standard InChI is InChI=1S/C11H10ClFN2O/c1-8(16)14-5-3-2-4-9-6-10(13)7-15-11(9)12/h6-7H,3,5H2,1H3,(H,14,16). The lowest BCUT2D eigenvalue weighted by Gasteiger charge is -1.96. The molecule has 0 saturated carbocycles. The van der Waals surface area contributed by atoms with Gasteiger partial charge in [-0.2, -0.15) is 0 Å². The van der Waals surface area contributed by atoms with Gasteiger partial charge in [-0.15, -0.1) is 0 Å². The van der Waals surface area contributed by atoms with Crippen LogP contribution in [0, 0.1) is 17.7 Å². The molecule has 1 N–H and O–H groups in total. The van der Waals surface area contributed by atoms with Crippen molar-refractivity contribution >= 4 is 17.5 Å². The van der Waals surface area contributed by atoms with Gasteiger partial charge in [0.25, 0.3) is 0 Å². The van der Waals surface area contributed by atoms with Gasteiger partial charge in [0.15, 0.2) is 0 Å². The quantitative estimate of drug-likeness (QED) is 0.486. The van der Waals surface area contributed by atoms with Gasteiger partial charge in [-0.25, -0.2) is 9.37 Å². The topological polar surface area (TPSA) is 42.0 Å². The Morgan fingerprint density at radius 2 is 2.44 bits per heavy atom. The Morgan fingerprint density at radius 3 is 3.12 bits per heavy atom. The average molecular weight is 241 g/mol. The first-order valence-corrected chi connectivity index (χ1v) is 5.01. The summed E-state index contributed by atoms with van der Waals surface area (Å²) in [6, 6.07) is 1.22. The summed E-state index contributed by atoms with van der Waals surface area (Å²) >= 11 is 5.71.